The van der Waals surface area contributed by atoms with Crippen LogP contribution in [-0.4, -0.2) is 48.3 Å². The van der Waals surface area contributed by atoms with Gasteiger partial charge in [0.15, 0.2) is 11.6 Å². The third-order valence-corrected chi connectivity index (χ3v) is 9.49. The van der Waals surface area contributed by atoms with Crippen molar-refractivity contribution >= 4 is 43.0 Å². The molecule has 1 N–H and O–H groups in total. The average Bonchev–Trinajstić information content (AvgIpc) is 3.38. The number of sulfonamides is 1. The van der Waals surface area contributed by atoms with E-state index in [1.54, 1.807) is 0 Å². The van der Waals surface area contributed by atoms with Crippen molar-refractivity contribution in [3.8, 4) is 22.6 Å². The summed E-state index contributed by atoms with van der Waals surface area (Å²) < 4.78 is 77.4. The Labute approximate surface area is 244 Å². The van der Waals surface area contributed by atoms with Crippen molar-refractivity contribution in [2.24, 2.45) is 7.05 Å². The maximum Gasteiger partial charge on any atom is 0.264 e. The molecule has 1 saturated heterocycles. The second-order valence-electron chi connectivity index (χ2n) is 10.4. The largest absolute Gasteiger partial charge is 0.454 e. The number of halogens is 3. The quantitative estimate of drug-likeness (QED) is 0.271. The topological polar surface area (TPSA) is 97.7 Å². The highest BCUT2D eigenvalue weighted by atomic mass is 32.2. The van der Waals surface area contributed by atoms with E-state index < -0.39 is 33.2 Å². The van der Waals surface area contributed by atoms with Crippen LogP contribution < -0.4 is 15.0 Å². The molecule has 0 radical (unpaired) electrons. The minimum Gasteiger partial charge on any atom is -0.454 e. The number of ether oxygens (including phenoxy) is 1. The van der Waals surface area contributed by atoms with Gasteiger partial charge in [0.05, 0.1) is 27.3 Å². The van der Waals surface area contributed by atoms with E-state index in [0.717, 1.165) is 23.5 Å². The number of aryl methyl sites for hydroxylation is 1. The van der Waals surface area contributed by atoms with Gasteiger partial charge in [0, 0.05) is 42.7 Å². The van der Waals surface area contributed by atoms with Crippen LogP contribution in [0.4, 0.5) is 18.9 Å². The van der Waals surface area contributed by atoms with Crippen molar-refractivity contribution < 1.29 is 31.1 Å². The highest BCUT2D eigenvalue weighted by molar-refractivity contribution is 7.92. The molecule has 42 heavy (non-hydrogen) atoms. The standard InChI is InChI=1S/C29H28F3N3O5S2/c1-4-42(38,39)33-18-7-9-23(40-24-8-6-17(30)12-22(24)31)19(13-18)21-15-34(3)27(36)20-14-25(41-26(20)21)28(37)35-11-5-10-29(2,32)16-35/h6-9,12-15,33H,4-5,10-11,16H2,1-3H3. The highest BCUT2D eigenvalue weighted by Crippen LogP contribution is 2.42. The molecule has 1 aliphatic rings. The van der Waals surface area contributed by atoms with Crippen molar-refractivity contribution in [3.63, 3.8) is 0 Å². The number of carbonyl (C=O) groups is 1. The predicted octanol–water partition coefficient (Wildman–Crippen LogP) is 6.06. The predicted molar refractivity (Wildman–Crippen MR) is 157 cm³/mol. The van der Waals surface area contributed by atoms with Gasteiger partial charge < -0.3 is 14.2 Å². The lowest BCUT2D eigenvalue weighted by molar-refractivity contribution is 0.0421. The van der Waals surface area contributed by atoms with Crippen molar-refractivity contribution in [1.82, 2.24) is 9.47 Å². The van der Waals surface area contributed by atoms with Gasteiger partial charge in [0.1, 0.15) is 17.2 Å². The van der Waals surface area contributed by atoms with Crippen molar-refractivity contribution in [2.45, 2.75) is 32.4 Å². The van der Waals surface area contributed by atoms with Gasteiger partial charge in [-0.1, -0.05) is 0 Å². The Hall–Kier alpha value is -3.84. The third kappa shape index (κ3) is 6.02. The van der Waals surface area contributed by atoms with E-state index in [1.165, 1.54) is 60.8 Å². The number of fused-ring (bicyclic) bond motifs is 1. The van der Waals surface area contributed by atoms with Crippen LogP contribution in [0, 0.1) is 11.6 Å². The monoisotopic (exact) mass is 619 g/mol. The molecule has 3 heterocycles. The minimum atomic E-state index is -3.67. The summed E-state index contributed by atoms with van der Waals surface area (Å²) in [7, 11) is -2.15. The Morgan fingerprint density at radius 2 is 1.86 bits per heavy atom. The Morgan fingerprint density at radius 3 is 2.55 bits per heavy atom. The zero-order chi connectivity index (χ0) is 30.4. The van der Waals surface area contributed by atoms with Crippen molar-refractivity contribution in [3.05, 3.63) is 75.5 Å². The van der Waals surface area contributed by atoms with E-state index in [-0.39, 0.29) is 50.9 Å². The third-order valence-electron chi connectivity index (χ3n) is 7.03. The number of hydrogen-bond acceptors (Lipinski definition) is 6. The Morgan fingerprint density at radius 1 is 1.12 bits per heavy atom. The fourth-order valence-corrected chi connectivity index (χ4v) is 6.67. The number of nitrogens with zero attached hydrogens (tertiary/aromatic N) is 2. The molecule has 1 aliphatic heterocycles. The molecule has 1 unspecified atom stereocenters. The zero-order valence-electron chi connectivity index (χ0n) is 23.0. The summed E-state index contributed by atoms with van der Waals surface area (Å²) in [6.45, 7) is 3.26. The number of likely N-dealkylation sites (tertiary alicyclic amines) is 1. The number of hydrogen-bond donors (Lipinski definition) is 1. The van der Waals surface area contributed by atoms with Crippen LogP contribution in [0.2, 0.25) is 0 Å². The number of aromatic nitrogens is 1. The number of pyridine rings is 1. The second kappa shape index (κ2) is 11.1. The Kier molecular flexibility index (Phi) is 7.84. The molecule has 0 spiro atoms. The van der Waals surface area contributed by atoms with Crippen LogP contribution in [0.3, 0.4) is 0 Å². The second-order valence-corrected chi connectivity index (χ2v) is 13.5. The summed E-state index contributed by atoms with van der Waals surface area (Å²) in [6, 6.07) is 8.64. The van der Waals surface area contributed by atoms with E-state index in [1.807, 2.05) is 0 Å². The fraction of sp³-hybridized carbons (Fsp3) is 0.310. The lowest BCUT2D eigenvalue weighted by Crippen LogP contribution is -2.46. The van der Waals surface area contributed by atoms with E-state index in [2.05, 4.69) is 4.72 Å². The van der Waals surface area contributed by atoms with E-state index in [9.17, 15) is 31.2 Å². The van der Waals surface area contributed by atoms with Crippen molar-refractivity contribution in [1.29, 1.82) is 0 Å². The molecule has 0 bridgehead atoms. The first-order chi connectivity index (χ1) is 19.8. The molecule has 4 aromatic rings. The minimum absolute atomic E-state index is 0.0637. The molecular weight excluding hydrogens is 591 g/mol. The molecule has 5 rings (SSSR count). The number of piperidine rings is 1. The first kappa shape index (κ1) is 29.6. The van der Waals surface area contributed by atoms with E-state index in [4.69, 9.17) is 4.74 Å². The average molecular weight is 620 g/mol. The van der Waals surface area contributed by atoms with Crippen LogP contribution in [-0.2, 0) is 17.1 Å². The number of benzene rings is 2. The van der Waals surface area contributed by atoms with Gasteiger partial charge in [0.25, 0.3) is 11.5 Å². The summed E-state index contributed by atoms with van der Waals surface area (Å²) in [4.78, 5) is 28.2. The number of anilines is 1. The summed E-state index contributed by atoms with van der Waals surface area (Å²) in [5.41, 5.74) is -1.02. The number of amides is 1. The molecule has 0 aliphatic carbocycles. The van der Waals surface area contributed by atoms with Crippen LogP contribution in [0.25, 0.3) is 21.2 Å². The molecule has 1 fully saturated rings. The first-order valence-electron chi connectivity index (χ1n) is 13.2. The van der Waals surface area contributed by atoms with Crippen LogP contribution in [0.1, 0.15) is 36.4 Å². The maximum atomic E-state index is 14.7. The summed E-state index contributed by atoms with van der Waals surface area (Å²) in [5, 5.41) is 0.224. The number of carbonyl (C=O) groups excluding carboxylic acids is 1. The lowest BCUT2D eigenvalue weighted by Gasteiger charge is -2.34. The smallest absolute Gasteiger partial charge is 0.264 e. The molecule has 2 aromatic carbocycles. The maximum absolute atomic E-state index is 14.7. The summed E-state index contributed by atoms with van der Waals surface area (Å²) >= 11 is 1.04. The SMILES string of the molecule is CCS(=O)(=O)Nc1ccc(Oc2ccc(F)cc2F)c(-c2cn(C)c(=O)c3cc(C(=O)N4CCCC(C)(F)C4)sc23)c1. The van der Waals surface area contributed by atoms with Gasteiger partial charge in [-0.3, -0.25) is 14.3 Å². The Balaban J connectivity index is 1.67. The van der Waals surface area contributed by atoms with Gasteiger partial charge >= 0.3 is 0 Å². The zero-order valence-corrected chi connectivity index (χ0v) is 24.7. The van der Waals surface area contributed by atoms with Gasteiger partial charge in [0.2, 0.25) is 10.0 Å². The van der Waals surface area contributed by atoms with Crippen molar-refractivity contribution in [2.75, 3.05) is 23.6 Å². The van der Waals surface area contributed by atoms with E-state index >= 15 is 0 Å². The van der Waals surface area contributed by atoms with Crippen LogP contribution in [0.5, 0.6) is 11.5 Å². The molecule has 1 atom stereocenters. The first-order valence-corrected chi connectivity index (χ1v) is 15.6. The summed E-state index contributed by atoms with van der Waals surface area (Å²) in [5.74, 6) is -2.51. The highest BCUT2D eigenvalue weighted by Gasteiger charge is 2.34. The normalized spacial score (nSPS) is 17.4. The number of rotatable bonds is 7. The molecule has 1 amide bonds. The number of nitrogens with one attached hydrogen (secondary N) is 1. The molecule has 2 aromatic heterocycles. The Bertz CT molecular complexity index is 1870. The van der Waals surface area contributed by atoms with E-state index in [0.29, 0.717) is 35.7 Å². The van der Waals surface area contributed by atoms with Gasteiger partial charge in [-0.05, 0) is 63.1 Å². The molecule has 13 heteroatoms. The fourth-order valence-electron chi connectivity index (χ4n) is 4.89. The molecule has 8 nitrogen and oxygen atoms in total. The van der Waals surface area contributed by atoms with Gasteiger partial charge in [-0.15, -0.1) is 11.3 Å². The van der Waals surface area contributed by atoms with Gasteiger partial charge in [-0.25, -0.2) is 21.6 Å². The molecule has 222 valence electrons. The summed E-state index contributed by atoms with van der Waals surface area (Å²) in [6.07, 6.45) is 2.37. The van der Waals surface area contributed by atoms with Gasteiger partial charge in [-0.2, -0.15) is 0 Å². The van der Waals surface area contributed by atoms with Crippen LogP contribution >= 0.6 is 11.3 Å². The molecule has 0 saturated carbocycles. The van der Waals surface area contributed by atoms with Crippen LogP contribution in [0.15, 0.2) is 53.5 Å². The number of thiophene rings is 1. The number of alkyl halides is 1. The lowest BCUT2D eigenvalue weighted by atomic mass is 9.97. The molecular formula is C29H28F3N3O5S2.